The van der Waals surface area contributed by atoms with Crippen molar-refractivity contribution in [3.05, 3.63) is 35.1 Å². The van der Waals surface area contributed by atoms with Gasteiger partial charge < -0.3 is 10.8 Å². The van der Waals surface area contributed by atoms with Crippen LogP contribution in [0.25, 0.3) is 0 Å². The lowest BCUT2D eigenvalue weighted by Crippen LogP contribution is -2.24. The van der Waals surface area contributed by atoms with Gasteiger partial charge in [0.2, 0.25) is 0 Å². The molecule has 0 aromatic heterocycles. The standard InChI is InChI=1S/C10H11F4NO/c1-5(16)9(15)7-3-2-6(4-8(7)11)10(12,13)14/h2-5,9,16H,15H2,1H3. The van der Waals surface area contributed by atoms with Crippen LogP contribution in [0.4, 0.5) is 17.6 Å². The van der Waals surface area contributed by atoms with Gasteiger partial charge in [-0.1, -0.05) is 6.07 Å². The van der Waals surface area contributed by atoms with E-state index >= 15 is 0 Å². The molecule has 1 rings (SSSR count). The maximum absolute atomic E-state index is 13.3. The number of hydrogen-bond donors (Lipinski definition) is 2. The van der Waals surface area contributed by atoms with Gasteiger partial charge in [0.1, 0.15) is 5.82 Å². The third-order valence-electron chi connectivity index (χ3n) is 2.21. The van der Waals surface area contributed by atoms with Crippen LogP contribution in [-0.4, -0.2) is 11.2 Å². The van der Waals surface area contributed by atoms with E-state index in [1.165, 1.54) is 6.92 Å². The number of benzene rings is 1. The number of rotatable bonds is 2. The molecule has 0 spiro atoms. The van der Waals surface area contributed by atoms with Gasteiger partial charge in [-0.2, -0.15) is 13.2 Å². The monoisotopic (exact) mass is 237 g/mol. The maximum atomic E-state index is 13.3. The Hall–Kier alpha value is -1.14. The average molecular weight is 237 g/mol. The number of aliphatic hydroxyl groups excluding tert-OH is 1. The first-order valence-electron chi connectivity index (χ1n) is 4.53. The zero-order valence-corrected chi connectivity index (χ0v) is 8.42. The van der Waals surface area contributed by atoms with Crippen LogP contribution in [0.5, 0.6) is 0 Å². The summed E-state index contributed by atoms with van der Waals surface area (Å²) in [4.78, 5) is 0. The van der Waals surface area contributed by atoms with Gasteiger partial charge in [-0.3, -0.25) is 0 Å². The van der Waals surface area contributed by atoms with Crippen molar-refractivity contribution in [3.63, 3.8) is 0 Å². The Morgan fingerprint density at radius 3 is 2.25 bits per heavy atom. The lowest BCUT2D eigenvalue weighted by atomic mass is 10.0. The summed E-state index contributed by atoms with van der Waals surface area (Å²) in [5, 5.41) is 9.11. The summed E-state index contributed by atoms with van der Waals surface area (Å²) in [5.41, 5.74) is 4.21. The predicted molar refractivity (Wildman–Crippen MR) is 50.0 cm³/mol. The summed E-state index contributed by atoms with van der Waals surface area (Å²) in [5.74, 6) is -1.07. The van der Waals surface area contributed by atoms with E-state index in [2.05, 4.69) is 0 Å². The fourth-order valence-corrected chi connectivity index (χ4v) is 1.23. The second kappa shape index (κ2) is 4.39. The molecule has 1 aromatic rings. The molecular formula is C10H11F4NO. The molecule has 0 radical (unpaired) electrons. The number of nitrogens with two attached hydrogens (primary N) is 1. The first kappa shape index (κ1) is 12.9. The minimum atomic E-state index is -4.59. The van der Waals surface area contributed by atoms with E-state index in [9.17, 15) is 17.6 Å². The van der Waals surface area contributed by atoms with Gasteiger partial charge in [0.25, 0.3) is 0 Å². The minimum absolute atomic E-state index is 0.136. The van der Waals surface area contributed by atoms with Gasteiger partial charge in [-0.15, -0.1) is 0 Å². The smallest absolute Gasteiger partial charge is 0.391 e. The van der Waals surface area contributed by atoms with Crippen molar-refractivity contribution in [2.24, 2.45) is 5.73 Å². The van der Waals surface area contributed by atoms with Gasteiger partial charge in [-0.05, 0) is 19.1 Å². The molecule has 0 aliphatic carbocycles. The molecule has 6 heteroatoms. The summed E-state index contributed by atoms with van der Waals surface area (Å²) < 4.78 is 49.9. The maximum Gasteiger partial charge on any atom is 0.416 e. The average Bonchev–Trinajstić information content (AvgIpc) is 2.15. The van der Waals surface area contributed by atoms with Crippen LogP contribution in [0.2, 0.25) is 0 Å². The number of halogens is 4. The lowest BCUT2D eigenvalue weighted by molar-refractivity contribution is -0.137. The van der Waals surface area contributed by atoms with Gasteiger partial charge in [0.15, 0.2) is 0 Å². The first-order chi connectivity index (χ1) is 7.23. The molecule has 1 aromatic carbocycles. The van der Waals surface area contributed by atoms with Crippen LogP contribution >= 0.6 is 0 Å². The SMILES string of the molecule is CC(O)C(N)c1ccc(C(F)(F)F)cc1F. The van der Waals surface area contributed by atoms with Crippen LogP contribution in [-0.2, 0) is 6.18 Å². The van der Waals surface area contributed by atoms with Crippen molar-refractivity contribution in [2.75, 3.05) is 0 Å². The predicted octanol–water partition coefficient (Wildman–Crippen LogP) is 2.23. The Morgan fingerprint density at radius 1 is 1.31 bits per heavy atom. The van der Waals surface area contributed by atoms with Crippen molar-refractivity contribution >= 4 is 0 Å². The van der Waals surface area contributed by atoms with Gasteiger partial charge in [0.05, 0.1) is 17.7 Å². The Bertz CT molecular complexity index is 376. The summed E-state index contributed by atoms with van der Waals surface area (Å²) in [6.07, 6.45) is -5.62. The molecule has 0 amide bonds. The second-order valence-electron chi connectivity index (χ2n) is 3.50. The van der Waals surface area contributed by atoms with Crippen molar-refractivity contribution < 1.29 is 22.7 Å². The van der Waals surface area contributed by atoms with Crippen molar-refractivity contribution in [1.82, 2.24) is 0 Å². The molecule has 0 fully saturated rings. The Labute approximate surface area is 89.7 Å². The van der Waals surface area contributed by atoms with Gasteiger partial charge in [0, 0.05) is 5.56 Å². The van der Waals surface area contributed by atoms with Crippen molar-refractivity contribution in [1.29, 1.82) is 0 Å². The zero-order valence-electron chi connectivity index (χ0n) is 8.42. The number of hydrogen-bond acceptors (Lipinski definition) is 2. The topological polar surface area (TPSA) is 46.2 Å². The zero-order chi connectivity index (χ0) is 12.5. The Kier molecular flexibility index (Phi) is 3.54. The fraction of sp³-hybridized carbons (Fsp3) is 0.400. The lowest BCUT2D eigenvalue weighted by Gasteiger charge is -2.17. The Balaban J connectivity index is 3.10. The number of aliphatic hydroxyl groups is 1. The molecule has 0 aliphatic rings. The second-order valence-corrected chi connectivity index (χ2v) is 3.50. The van der Waals surface area contributed by atoms with E-state index in [1.807, 2.05) is 0 Å². The van der Waals surface area contributed by atoms with E-state index in [4.69, 9.17) is 10.8 Å². The fourth-order valence-electron chi connectivity index (χ4n) is 1.23. The van der Waals surface area contributed by atoms with Gasteiger partial charge >= 0.3 is 6.18 Å². The minimum Gasteiger partial charge on any atom is -0.391 e. The summed E-state index contributed by atoms with van der Waals surface area (Å²) in [6.45, 7) is 1.34. The molecule has 3 N–H and O–H groups in total. The molecule has 90 valence electrons. The molecule has 0 saturated heterocycles. The first-order valence-corrected chi connectivity index (χ1v) is 4.53. The van der Waals surface area contributed by atoms with Crippen molar-refractivity contribution in [2.45, 2.75) is 25.2 Å². The molecule has 2 atom stereocenters. The van der Waals surface area contributed by atoms with E-state index in [0.29, 0.717) is 6.07 Å². The Morgan fingerprint density at radius 2 is 1.88 bits per heavy atom. The quantitative estimate of drug-likeness (QED) is 0.775. The molecule has 0 saturated carbocycles. The highest BCUT2D eigenvalue weighted by Crippen LogP contribution is 2.31. The van der Waals surface area contributed by atoms with E-state index in [1.54, 1.807) is 0 Å². The van der Waals surface area contributed by atoms with Crippen LogP contribution in [0.1, 0.15) is 24.1 Å². The van der Waals surface area contributed by atoms with Crippen LogP contribution in [0.15, 0.2) is 18.2 Å². The highest BCUT2D eigenvalue weighted by molar-refractivity contribution is 5.28. The molecular weight excluding hydrogens is 226 g/mol. The third-order valence-corrected chi connectivity index (χ3v) is 2.21. The highest BCUT2D eigenvalue weighted by atomic mass is 19.4. The van der Waals surface area contributed by atoms with Crippen LogP contribution < -0.4 is 5.73 Å². The normalized spacial score (nSPS) is 15.9. The summed E-state index contributed by atoms with van der Waals surface area (Å²) in [6, 6.07) is 1.01. The van der Waals surface area contributed by atoms with Gasteiger partial charge in [-0.25, -0.2) is 4.39 Å². The summed E-state index contributed by atoms with van der Waals surface area (Å²) in [7, 11) is 0. The molecule has 0 bridgehead atoms. The molecule has 0 aliphatic heterocycles. The largest absolute Gasteiger partial charge is 0.416 e. The van der Waals surface area contributed by atoms with Crippen LogP contribution in [0.3, 0.4) is 0 Å². The summed E-state index contributed by atoms with van der Waals surface area (Å²) >= 11 is 0. The molecule has 0 heterocycles. The molecule has 16 heavy (non-hydrogen) atoms. The molecule has 2 nitrogen and oxygen atoms in total. The number of alkyl halides is 3. The van der Waals surface area contributed by atoms with E-state index in [0.717, 1.165) is 12.1 Å². The highest BCUT2D eigenvalue weighted by Gasteiger charge is 2.31. The van der Waals surface area contributed by atoms with Crippen molar-refractivity contribution in [3.8, 4) is 0 Å². The third kappa shape index (κ3) is 2.70. The van der Waals surface area contributed by atoms with E-state index < -0.39 is 29.7 Å². The molecule has 2 unspecified atom stereocenters. The van der Waals surface area contributed by atoms with Crippen LogP contribution in [0, 0.1) is 5.82 Å². The van der Waals surface area contributed by atoms with E-state index in [-0.39, 0.29) is 5.56 Å².